The van der Waals surface area contributed by atoms with E-state index < -0.39 is 0 Å². The Balaban J connectivity index is 0.00000225. The fraction of sp³-hybridized carbons (Fsp3) is 0.474. The molecule has 152 valence electrons. The van der Waals surface area contributed by atoms with Gasteiger partial charge in [0, 0.05) is 70.0 Å². The Hall–Kier alpha value is -1.27. The largest absolute Gasteiger partial charge is 0.378 e. The minimum atomic E-state index is 0. The van der Waals surface area contributed by atoms with Crippen LogP contribution in [-0.4, -0.2) is 61.2 Å². The predicted molar refractivity (Wildman–Crippen MR) is 122 cm³/mol. The zero-order valence-corrected chi connectivity index (χ0v) is 18.8. The Morgan fingerprint density at radius 2 is 1.33 bits per heavy atom. The highest BCUT2D eigenvalue weighted by molar-refractivity contribution is 5.86. The highest BCUT2D eigenvalue weighted by Crippen LogP contribution is 2.22. The highest BCUT2D eigenvalue weighted by atomic mass is 35.5. The van der Waals surface area contributed by atoms with E-state index >= 15 is 0 Å². The Bertz CT molecular complexity index is 654. The first-order chi connectivity index (χ1) is 11.5. The first-order valence-electron chi connectivity index (χ1n) is 8.63. The van der Waals surface area contributed by atoms with Gasteiger partial charge in [0.25, 0.3) is 0 Å². The van der Waals surface area contributed by atoms with Crippen molar-refractivity contribution in [3.05, 3.63) is 36.7 Å². The van der Waals surface area contributed by atoms with Gasteiger partial charge in [-0.1, -0.05) is 12.1 Å². The standard InChI is InChI=1S/C19H27N5.3ClH/c1-15(2)23-9-11-24(12-10-23)19-20-13-17(14-21-19)16-5-7-18(8-6-16)22(3)4;;;/h5-8,13-15H,9-12H2,1-4H3;3*1H. The summed E-state index contributed by atoms with van der Waals surface area (Å²) in [6.07, 6.45) is 3.86. The van der Waals surface area contributed by atoms with E-state index in [1.807, 2.05) is 26.5 Å². The van der Waals surface area contributed by atoms with Crippen LogP contribution < -0.4 is 9.80 Å². The maximum absolute atomic E-state index is 4.59. The van der Waals surface area contributed by atoms with E-state index in [4.69, 9.17) is 0 Å². The van der Waals surface area contributed by atoms with E-state index in [1.54, 1.807) is 0 Å². The monoisotopic (exact) mass is 433 g/mol. The lowest BCUT2D eigenvalue weighted by atomic mass is 10.1. The Kier molecular flexibility index (Phi) is 11.0. The quantitative estimate of drug-likeness (QED) is 0.726. The summed E-state index contributed by atoms with van der Waals surface area (Å²) in [5, 5.41) is 0. The van der Waals surface area contributed by atoms with E-state index in [-0.39, 0.29) is 37.2 Å². The molecule has 0 bridgehead atoms. The van der Waals surface area contributed by atoms with E-state index in [0.29, 0.717) is 6.04 Å². The van der Waals surface area contributed by atoms with Crippen molar-refractivity contribution in [3.8, 4) is 11.1 Å². The lowest BCUT2D eigenvalue weighted by Gasteiger charge is -2.36. The highest BCUT2D eigenvalue weighted by Gasteiger charge is 2.20. The SMILES string of the molecule is CC(C)N1CCN(c2ncc(-c3ccc(N(C)C)cc3)cn2)CC1.Cl.Cl.Cl. The Morgan fingerprint density at radius 3 is 1.78 bits per heavy atom. The average molecular weight is 435 g/mol. The van der Waals surface area contributed by atoms with Crippen LogP contribution in [0.25, 0.3) is 11.1 Å². The van der Waals surface area contributed by atoms with Crippen LogP contribution >= 0.6 is 37.2 Å². The minimum absolute atomic E-state index is 0. The number of aromatic nitrogens is 2. The summed E-state index contributed by atoms with van der Waals surface area (Å²) in [7, 11) is 4.10. The fourth-order valence-electron chi connectivity index (χ4n) is 3.02. The van der Waals surface area contributed by atoms with E-state index in [1.165, 1.54) is 5.69 Å². The van der Waals surface area contributed by atoms with Gasteiger partial charge in [-0.2, -0.15) is 0 Å². The van der Waals surface area contributed by atoms with Crippen LogP contribution in [0.1, 0.15) is 13.8 Å². The molecule has 0 spiro atoms. The second kappa shape index (κ2) is 11.5. The van der Waals surface area contributed by atoms with Crippen LogP contribution in [-0.2, 0) is 0 Å². The molecular formula is C19H30Cl3N5. The molecule has 5 nitrogen and oxygen atoms in total. The van der Waals surface area contributed by atoms with Crippen LogP contribution in [0.2, 0.25) is 0 Å². The third-order valence-electron chi connectivity index (χ3n) is 4.68. The van der Waals surface area contributed by atoms with Crippen molar-refractivity contribution in [2.24, 2.45) is 0 Å². The van der Waals surface area contributed by atoms with Gasteiger partial charge in [0.2, 0.25) is 5.95 Å². The molecule has 3 rings (SSSR count). The molecule has 0 radical (unpaired) electrons. The third-order valence-corrected chi connectivity index (χ3v) is 4.68. The molecule has 1 aromatic carbocycles. The molecule has 1 saturated heterocycles. The van der Waals surface area contributed by atoms with Gasteiger partial charge in [0.1, 0.15) is 0 Å². The van der Waals surface area contributed by atoms with Gasteiger partial charge in [-0.3, -0.25) is 4.90 Å². The molecule has 1 aromatic heterocycles. The van der Waals surface area contributed by atoms with Crippen LogP contribution in [0.4, 0.5) is 11.6 Å². The van der Waals surface area contributed by atoms with Crippen molar-refractivity contribution in [2.75, 3.05) is 50.1 Å². The molecule has 8 heteroatoms. The van der Waals surface area contributed by atoms with Crippen molar-refractivity contribution >= 4 is 48.9 Å². The van der Waals surface area contributed by atoms with E-state index in [0.717, 1.165) is 43.3 Å². The first kappa shape index (κ1) is 25.7. The molecule has 0 N–H and O–H groups in total. The van der Waals surface area contributed by atoms with Crippen LogP contribution in [0, 0.1) is 0 Å². The first-order valence-corrected chi connectivity index (χ1v) is 8.63. The number of rotatable bonds is 4. The summed E-state index contributed by atoms with van der Waals surface area (Å²) >= 11 is 0. The fourth-order valence-corrected chi connectivity index (χ4v) is 3.02. The summed E-state index contributed by atoms with van der Waals surface area (Å²) in [6.45, 7) is 8.65. The molecule has 1 aliphatic rings. The molecular weight excluding hydrogens is 405 g/mol. The predicted octanol–water partition coefficient (Wildman–Crippen LogP) is 4.01. The lowest BCUT2D eigenvalue weighted by Crippen LogP contribution is -2.49. The molecule has 27 heavy (non-hydrogen) atoms. The van der Waals surface area contributed by atoms with Gasteiger partial charge >= 0.3 is 0 Å². The van der Waals surface area contributed by atoms with Gasteiger partial charge in [-0.05, 0) is 31.5 Å². The number of hydrogen-bond donors (Lipinski definition) is 0. The number of nitrogens with zero attached hydrogens (tertiary/aromatic N) is 5. The second-order valence-electron chi connectivity index (χ2n) is 6.83. The minimum Gasteiger partial charge on any atom is -0.378 e. The van der Waals surface area contributed by atoms with Crippen molar-refractivity contribution in [1.82, 2.24) is 14.9 Å². The average Bonchev–Trinajstić information content (AvgIpc) is 2.62. The molecule has 1 aliphatic heterocycles. The number of piperazine rings is 1. The Labute approximate surface area is 181 Å². The maximum Gasteiger partial charge on any atom is 0.225 e. The van der Waals surface area contributed by atoms with Gasteiger partial charge in [0.15, 0.2) is 0 Å². The third kappa shape index (κ3) is 6.39. The van der Waals surface area contributed by atoms with Gasteiger partial charge < -0.3 is 9.80 Å². The smallest absolute Gasteiger partial charge is 0.225 e. The van der Waals surface area contributed by atoms with Crippen molar-refractivity contribution in [3.63, 3.8) is 0 Å². The summed E-state index contributed by atoms with van der Waals surface area (Å²) in [6, 6.07) is 9.09. The van der Waals surface area contributed by atoms with Crippen molar-refractivity contribution < 1.29 is 0 Å². The summed E-state index contributed by atoms with van der Waals surface area (Å²) in [5.74, 6) is 0.840. The summed E-state index contributed by atoms with van der Waals surface area (Å²) < 4.78 is 0. The van der Waals surface area contributed by atoms with Crippen molar-refractivity contribution in [2.45, 2.75) is 19.9 Å². The summed E-state index contributed by atoms with van der Waals surface area (Å²) in [5.41, 5.74) is 3.40. The molecule has 0 unspecified atom stereocenters. The molecule has 0 saturated carbocycles. The number of anilines is 2. The maximum atomic E-state index is 4.59. The van der Waals surface area contributed by atoms with Crippen LogP contribution in [0.3, 0.4) is 0 Å². The number of halogens is 3. The zero-order valence-electron chi connectivity index (χ0n) is 16.3. The van der Waals surface area contributed by atoms with Gasteiger partial charge in [-0.15, -0.1) is 37.2 Å². The number of hydrogen-bond acceptors (Lipinski definition) is 5. The van der Waals surface area contributed by atoms with E-state index in [9.17, 15) is 0 Å². The topological polar surface area (TPSA) is 35.5 Å². The zero-order chi connectivity index (χ0) is 17.1. The van der Waals surface area contributed by atoms with Crippen molar-refractivity contribution in [1.29, 1.82) is 0 Å². The number of benzene rings is 1. The molecule has 0 atom stereocenters. The summed E-state index contributed by atoms with van der Waals surface area (Å²) in [4.78, 5) is 16.1. The van der Waals surface area contributed by atoms with Crippen LogP contribution in [0.15, 0.2) is 36.7 Å². The van der Waals surface area contributed by atoms with Gasteiger partial charge in [0.05, 0.1) is 0 Å². The normalized spacial score (nSPS) is 14.0. The molecule has 2 aromatic rings. The van der Waals surface area contributed by atoms with E-state index in [2.05, 4.69) is 62.8 Å². The van der Waals surface area contributed by atoms with Gasteiger partial charge in [-0.25, -0.2) is 9.97 Å². The van der Waals surface area contributed by atoms with Crippen LogP contribution in [0.5, 0.6) is 0 Å². The molecule has 0 aliphatic carbocycles. The second-order valence-corrected chi connectivity index (χ2v) is 6.83. The molecule has 2 heterocycles. The molecule has 0 amide bonds. The molecule has 1 fully saturated rings. The lowest BCUT2D eigenvalue weighted by molar-refractivity contribution is 0.208. The Morgan fingerprint density at radius 1 is 0.815 bits per heavy atom.